The molecule has 1 atom stereocenters. The molecule has 0 bridgehead atoms. The molecule has 2 aliphatic rings. The van der Waals surface area contributed by atoms with Crippen molar-refractivity contribution in [1.82, 2.24) is 19.8 Å². The first kappa shape index (κ1) is 18.1. The van der Waals surface area contributed by atoms with Gasteiger partial charge in [-0.25, -0.2) is 9.97 Å². The normalized spacial score (nSPS) is 21.3. The number of likely N-dealkylation sites (tertiary alicyclic amines) is 1. The van der Waals surface area contributed by atoms with E-state index in [9.17, 15) is 4.79 Å². The molecule has 27 heavy (non-hydrogen) atoms. The number of benzene rings is 1. The lowest BCUT2D eigenvalue weighted by molar-refractivity contribution is -0.137. The van der Waals surface area contributed by atoms with E-state index in [0.29, 0.717) is 5.88 Å². The monoisotopic (exact) mass is 370 g/mol. The maximum atomic E-state index is 12.9. The number of carbonyl (C=O) groups is 1. The molecule has 0 saturated carbocycles. The average Bonchev–Trinajstić information content (AvgIpc) is 2.73. The Morgan fingerprint density at radius 1 is 1.15 bits per heavy atom. The number of aromatic nitrogens is 2. The molecular weight excluding hydrogens is 344 g/mol. The first-order valence-electron chi connectivity index (χ1n) is 9.73. The maximum absolute atomic E-state index is 12.9. The number of rotatable bonds is 5. The quantitative estimate of drug-likeness (QED) is 0.798. The summed E-state index contributed by atoms with van der Waals surface area (Å²) in [6.07, 6.45) is 4.77. The molecule has 144 valence electrons. The van der Waals surface area contributed by atoms with Crippen LogP contribution in [0.3, 0.4) is 0 Å². The van der Waals surface area contributed by atoms with Gasteiger partial charge in [0.1, 0.15) is 6.33 Å². The summed E-state index contributed by atoms with van der Waals surface area (Å²) in [4.78, 5) is 25.7. The molecule has 3 heterocycles. The molecule has 0 aliphatic carbocycles. The van der Waals surface area contributed by atoms with Crippen molar-refractivity contribution in [3.05, 3.63) is 30.6 Å². The predicted octanol–water partition coefficient (Wildman–Crippen LogP) is 1.72. The Kier molecular flexibility index (Phi) is 5.79. The molecule has 1 amide bonds. The number of hydrogen-bond acceptors (Lipinski definition) is 6. The summed E-state index contributed by atoms with van der Waals surface area (Å²) >= 11 is 0. The van der Waals surface area contributed by atoms with E-state index >= 15 is 0 Å². The SMILES string of the molecule is O=C(COc1ncnc2ccccc12)N1CCCC[C@H]1CN1CCOCC1. The van der Waals surface area contributed by atoms with E-state index < -0.39 is 0 Å². The third-order valence-electron chi connectivity index (χ3n) is 5.36. The lowest BCUT2D eigenvalue weighted by atomic mass is 10.0. The summed E-state index contributed by atoms with van der Waals surface area (Å²) in [5.74, 6) is 0.506. The van der Waals surface area contributed by atoms with Crippen LogP contribution in [0.25, 0.3) is 10.9 Å². The van der Waals surface area contributed by atoms with Gasteiger partial charge in [-0.3, -0.25) is 9.69 Å². The van der Waals surface area contributed by atoms with Gasteiger partial charge in [-0.15, -0.1) is 0 Å². The van der Waals surface area contributed by atoms with Crippen LogP contribution in [0, 0.1) is 0 Å². The Morgan fingerprint density at radius 2 is 2.00 bits per heavy atom. The summed E-state index contributed by atoms with van der Waals surface area (Å²) in [5, 5.41) is 0.830. The van der Waals surface area contributed by atoms with E-state index in [1.807, 2.05) is 29.2 Å². The van der Waals surface area contributed by atoms with Crippen LogP contribution in [0.4, 0.5) is 0 Å². The third-order valence-corrected chi connectivity index (χ3v) is 5.36. The highest BCUT2D eigenvalue weighted by molar-refractivity contribution is 5.84. The fraction of sp³-hybridized carbons (Fsp3) is 0.550. The standard InChI is InChI=1S/C20H26N4O3/c25-19(14-27-20-17-6-1-2-7-18(17)21-15-22-20)24-8-4-3-5-16(24)13-23-9-11-26-12-10-23/h1-2,6-7,15-16H,3-5,8-14H2/t16-/m0/s1. The number of piperidine rings is 1. The molecule has 0 radical (unpaired) electrons. The second-order valence-corrected chi connectivity index (χ2v) is 7.13. The van der Waals surface area contributed by atoms with Gasteiger partial charge in [-0.05, 0) is 31.4 Å². The zero-order chi connectivity index (χ0) is 18.5. The van der Waals surface area contributed by atoms with Gasteiger partial charge < -0.3 is 14.4 Å². The van der Waals surface area contributed by atoms with Crippen LogP contribution in [0.5, 0.6) is 5.88 Å². The van der Waals surface area contributed by atoms with E-state index in [1.54, 1.807) is 0 Å². The maximum Gasteiger partial charge on any atom is 0.260 e. The lowest BCUT2D eigenvalue weighted by Gasteiger charge is -2.39. The van der Waals surface area contributed by atoms with Gasteiger partial charge in [0.2, 0.25) is 5.88 Å². The van der Waals surface area contributed by atoms with Crippen LogP contribution in [0.15, 0.2) is 30.6 Å². The van der Waals surface area contributed by atoms with E-state index in [1.165, 1.54) is 12.7 Å². The molecule has 2 saturated heterocycles. The molecule has 0 spiro atoms. The van der Waals surface area contributed by atoms with E-state index in [4.69, 9.17) is 9.47 Å². The number of amides is 1. The first-order valence-corrected chi connectivity index (χ1v) is 9.73. The highest BCUT2D eigenvalue weighted by atomic mass is 16.5. The van der Waals surface area contributed by atoms with E-state index in [0.717, 1.165) is 63.1 Å². The van der Waals surface area contributed by atoms with Crippen molar-refractivity contribution >= 4 is 16.8 Å². The number of fused-ring (bicyclic) bond motifs is 1. The molecule has 7 heteroatoms. The summed E-state index contributed by atoms with van der Waals surface area (Å²) in [7, 11) is 0. The van der Waals surface area contributed by atoms with Crippen molar-refractivity contribution in [2.75, 3.05) is 46.0 Å². The highest BCUT2D eigenvalue weighted by Gasteiger charge is 2.29. The van der Waals surface area contributed by atoms with E-state index in [2.05, 4.69) is 14.9 Å². The summed E-state index contributed by atoms with van der Waals surface area (Å²) in [5.41, 5.74) is 0.818. The summed E-state index contributed by atoms with van der Waals surface area (Å²) in [6.45, 7) is 5.20. The Hall–Kier alpha value is -2.25. The molecule has 7 nitrogen and oxygen atoms in total. The van der Waals surface area contributed by atoms with Gasteiger partial charge in [0.25, 0.3) is 5.91 Å². The van der Waals surface area contributed by atoms with Crippen molar-refractivity contribution in [2.24, 2.45) is 0 Å². The molecule has 1 aromatic heterocycles. The van der Waals surface area contributed by atoms with Crippen LogP contribution in [-0.4, -0.2) is 77.7 Å². The fourth-order valence-electron chi connectivity index (χ4n) is 3.91. The Balaban J connectivity index is 1.39. The molecule has 0 N–H and O–H groups in total. The molecule has 0 unspecified atom stereocenters. The smallest absolute Gasteiger partial charge is 0.260 e. The zero-order valence-corrected chi connectivity index (χ0v) is 15.5. The molecule has 2 aliphatic heterocycles. The number of carbonyl (C=O) groups excluding carboxylic acids is 1. The molecule has 2 fully saturated rings. The van der Waals surface area contributed by atoms with Gasteiger partial charge in [-0.1, -0.05) is 12.1 Å². The van der Waals surface area contributed by atoms with Gasteiger partial charge in [0.15, 0.2) is 6.61 Å². The zero-order valence-electron chi connectivity index (χ0n) is 15.5. The molecule has 4 rings (SSSR count). The fourth-order valence-corrected chi connectivity index (χ4v) is 3.91. The first-order chi connectivity index (χ1) is 13.3. The van der Waals surface area contributed by atoms with Gasteiger partial charge in [0, 0.05) is 32.2 Å². The Bertz CT molecular complexity index is 773. The van der Waals surface area contributed by atoms with Crippen molar-refractivity contribution in [2.45, 2.75) is 25.3 Å². The van der Waals surface area contributed by atoms with Crippen LogP contribution < -0.4 is 4.74 Å². The van der Waals surface area contributed by atoms with Crippen LogP contribution >= 0.6 is 0 Å². The lowest BCUT2D eigenvalue weighted by Crippen LogP contribution is -2.52. The van der Waals surface area contributed by atoms with Crippen molar-refractivity contribution in [3.63, 3.8) is 0 Å². The van der Waals surface area contributed by atoms with Crippen LogP contribution in [0.2, 0.25) is 0 Å². The Morgan fingerprint density at radius 3 is 2.89 bits per heavy atom. The second-order valence-electron chi connectivity index (χ2n) is 7.13. The number of para-hydroxylation sites is 1. The van der Waals surface area contributed by atoms with Gasteiger partial charge >= 0.3 is 0 Å². The number of nitrogens with zero attached hydrogens (tertiary/aromatic N) is 4. The van der Waals surface area contributed by atoms with Gasteiger partial charge in [-0.2, -0.15) is 0 Å². The number of ether oxygens (including phenoxy) is 2. The third kappa shape index (κ3) is 4.36. The van der Waals surface area contributed by atoms with Crippen molar-refractivity contribution in [1.29, 1.82) is 0 Å². The number of hydrogen-bond donors (Lipinski definition) is 0. The minimum Gasteiger partial charge on any atom is -0.467 e. The molecular formula is C20H26N4O3. The Labute approximate surface area is 159 Å². The largest absolute Gasteiger partial charge is 0.467 e. The molecule has 1 aromatic carbocycles. The highest BCUT2D eigenvalue weighted by Crippen LogP contribution is 2.22. The summed E-state index contributed by atoms with van der Waals surface area (Å²) < 4.78 is 11.2. The predicted molar refractivity (Wildman–Crippen MR) is 102 cm³/mol. The molecule has 2 aromatic rings. The second kappa shape index (κ2) is 8.63. The van der Waals surface area contributed by atoms with Crippen molar-refractivity contribution in [3.8, 4) is 5.88 Å². The number of morpholine rings is 1. The van der Waals surface area contributed by atoms with Crippen LogP contribution in [-0.2, 0) is 9.53 Å². The minimum absolute atomic E-state index is 0.0145. The topological polar surface area (TPSA) is 67.8 Å². The average molecular weight is 370 g/mol. The van der Waals surface area contributed by atoms with Crippen molar-refractivity contribution < 1.29 is 14.3 Å². The van der Waals surface area contributed by atoms with Crippen LogP contribution in [0.1, 0.15) is 19.3 Å². The summed E-state index contributed by atoms with van der Waals surface area (Å²) in [6, 6.07) is 7.93. The van der Waals surface area contributed by atoms with Gasteiger partial charge in [0.05, 0.1) is 24.1 Å². The minimum atomic E-state index is 0.0145. The van der Waals surface area contributed by atoms with E-state index in [-0.39, 0.29) is 18.6 Å².